The van der Waals surface area contributed by atoms with Crippen molar-refractivity contribution in [3.8, 4) is 11.5 Å². The molecule has 0 radical (unpaired) electrons. The summed E-state index contributed by atoms with van der Waals surface area (Å²) >= 11 is 0. The van der Waals surface area contributed by atoms with Crippen LogP contribution >= 0.6 is 0 Å². The highest BCUT2D eigenvalue weighted by Crippen LogP contribution is 2.27. The van der Waals surface area contributed by atoms with E-state index in [1.54, 1.807) is 0 Å². The first-order chi connectivity index (χ1) is 13.0. The molecule has 0 unspecified atom stereocenters. The van der Waals surface area contributed by atoms with Gasteiger partial charge in [-0.1, -0.05) is 19.1 Å². The molecule has 0 saturated carbocycles. The lowest BCUT2D eigenvalue weighted by Crippen LogP contribution is -2.24. The van der Waals surface area contributed by atoms with E-state index < -0.39 is 5.63 Å². The van der Waals surface area contributed by atoms with Gasteiger partial charge >= 0.3 is 5.63 Å². The fourth-order valence-corrected chi connectivity index (χ4v) is 3.12. The smallest absolute Gasteiger partial charge is 0.336 e. The molecule has 0 bridgehead atoms. The van der Waals surface area contributed by atoms with E-state index in [4.69, 9.17) is 9.15 Å². The Labute approximate surface area is 158 Å². The molecule has 2 aromatic carbocycles. The third-order valence-corrected chi connectivity index (χ3v) is 4.58. The van der Waals surface area contributed by atoms with Crippen LogP contribution in [0.2, 0.25) is 0 Å². The minimum Gasteiger partial charge on any atom is -0.508 e. The topological polar surface area (TPSA) is 62.9 Å². The Balaban J connectivity index is 1.72. The van der Waals surface area contributed by atoms with Crippen LogP contribution in [0.3, 0.4) is 0 Å². The molecular weight excluding hydrogens is 342 g/mol. The van der Waals surface area contributed by atoms with E-state index in [0.717, 1.165) is 22.3 Å². The Kier molecular flexibility index (Phi) is 5.81. The van der Waals surface area contributed by atoms with Crippen LogP contribution in [0, 0.1) is 6.92 Å². The molecule has 0 fully saturated rings. The summed E-state index contributed by atoms with van der Waals surface area (Å²) in [5.41, 5.74) is 2.89. The summed E-state index contributed by atoms with van der Waals surface area (Å²) in [5, 5.41) is 10.9. The number of benzene rings is 2. The Bertz CT molecular complexity index is 993. The van der Waals surface area contributed by atoms with Gasteiger partial charge in [-0.2, -0.15) is 0 Å². The van der Waals surface area contributed by atoms with Crippen molar-refractivity contribution >= 4 is 11.0 Å². The lowest BCUT2D eigenvalue weighted by molar-refractivity contribution is 0.233. The molecule has 0 atom stereocenters. The van der Waals surface area contributed by atoms with Crippen LogP contribution in [0.4, 0.5) is 0 Å². The number of phenolic OH excluding ortho intramolecular Hbond substituents is 1. The predicted molar refractivity (Wildman–Crippen MR) is 107 cm³/mol. The van der Waals surface area contributed by atoms with Crippen LogP contribution in [-0.4, -0.2) is 30.2 Å². The van der Waals surface area contributed by atoms with Gasteiger partial charge in [0, 0.05) is 30.6 Å². The fourth-order valence-electron chi connectivity index (χ4n) is 3.12. The average Bonchev–Trinajstić information content (AvgIpc) is 2.61. The summed E-state index contributed by atoms with van der Waals surface area (Å²) in [6.07, 6.45) is 0.709. The molecule has 5 heteroatoms. The lowest BCUT2D eigenvalue weighted by Gasteiger charge is -2.18. The molecule has 0 saturated heterocycles. The molecule has 0 aliphatic heterocycles. The summed E-state index contributed by atoms with van der Waals surface area (Å²) in [6.45, 7) is 5.88. The number of fused-ring (bicyclic) bond motifs is 1. The van der Waals surface area contributed by atoms with Gasteiger partial charge in [0.15, 0.2) is 0 Å². The number of ether oxygens (including phenoxy) is 1. The van der Waals surface area contributed by atoms with Gasteiger partial charge in [-0.25, -0.2) is 4.79 Å². The highest BCUT2D eigenvalue weighted by Gasteiger charge is 2.12. The van der Waals surface area contributed by atoms with Gasteiger partial charge in [0.1, 0.15) is 23.7 Å². The van der Waals surface area contributed by atoms with E-state index in [2.05, 4.69) is 4.90 Å². The van der Waals surface area contributed by atoms with Crippen molar-refractivity contribution in [2.24, 2.45) is 0 Å². The van der Waals surface area contributed by atoms with Gasteiger partial charge in [-0.05, 0) is 55.3 Å². The molecule has 0 aliphatic carbocycles. The largest absolute Gasteiger partial charge is 0.508 e. The minimum atomic E-state index is -0.412. The van der Waals surface area contributed by atoms with Crippen LogP contribution in [0.15, 0.2) is 51.7 Å². The Hall–Kier alpha value is -2.79. The van der Waals surface area contributed by atoms with Gasteiger partial charge in [-0.15, -0.1) is 0 Å². The van der Waals surface area contributed by atoms with E-state index in [9.17, 15) is 9.90 Å². The van der Waals surface area contributed by atoms with Crippen LogP contribution in [-0.2, 0) is 13.0 Å². The van der Waals surface area contributed by atoms with Gasteiger partial charge in [0.2, 0.25) is 0 Å². The van der Waals surface area contributed by atoms with Gasteiger partial charge in [-0.3, -0.25) is 4.90 Å². The summed E-state index contributed by atoms with van der Waals surface area (Å²) in [7, 11) is 1.99. The Morgan fingerprint density at radius 1 is 1.15 bits per heavy atom. The number of rotatable bonds is 7. The van der Waals surface area contributed by atoms with Crippen molar-refractivity contribution in [3.05, 3.63) is 69.6 Å². The van der Waals surface area contributed by atoms with Crippen molar-refractivity contribution in [2.45, 2.75) is 26.8 Å². The zero-order chi connectivity index (χ0) is 19.4. The first-order valence-corrected chi connectivity index (χ1v) is 9.13. The predicted octanol–water partition coefficient (Wildman–Crippen LogP) is 3.88. The van der Waals surface area contributed by atoms with E-state index in [1.807, 2.05) is 51.2 Å². The SMILES string of the molecule is CCc1cc2c(CN(C)CCOc3cccc(C)c3)cc(=O)oc2cc1O. The van der Waals surface area contributed by atoms with Crippen LogP contribution in [0.25, 0.3) is 11.0 Å². The van der Waals surface area contributed by atoms with E-state index in [1.165, 1.54) is 17.7 Å². The number of hydrogen-bond acceptors (Lipinski definition) is 5. The van der Waals surface area contributed by atoms with Crippen molar-refractivity contribution < 1.29 is 14.3 Å². The van der Waals surface area contributed by atoms with Crippen molar-refractivity contribution in [3.63, 3.8) is 0 Å². The zero-order valence-corrected chi connectivity index (χ0v) is 16.0. The second kappa shape index (κ2) is 8.27. The summed E-state index contributed by atoms with van der Waals surface area (Å²) in [5.74, 6) is 1.02. The minimum absolute atomic E-state index is 0.158. The zero-order valence-electron chi connectivity index (χ0n) is 16.0. The molecule has 27 heavy (non-hydrogen) atoms. The average molecular weight is 367 g/mol. The monoisotopic (exact) mass is 367 g/mol. The number of aromatic hydroxyl groups is 1. The molecule has 0 spiro atoms. The maximum atomic E-state index is 11.9. The number of hydrogen-bond donors (Lipinski definition) is 1. The maximum Gasteiger partial charge on any atom is 0.336 e. The van der Waals surface area contributed by atoms with Gasteiger partial charge in [0.25, 0.3) is 0 Å². The molecule has 0 amide bonds. The third-order valence-electron chi connectivity index (χ3n) is 4.58. The van der Waals surface area contributed by atoms with Crippen molar-refractivity contribution in [2.75, 3.05) is 20.2 Å². The molecule has 3 rings (SSSR count). The maximum absolute atomic E-state index is 11.9. The number of nitrogens with zero attached hydrogens (tertiary/aromatic N) is 1. The van der Waals surface area contributed by atoms with Gasteiger partial charge in [0.05, 0.1) is 0 Å². The molecular formula is C22H25NO4. The summed E-state index contributed by atoms with van der Waals surface area (Å²) in [6, 6.07) is 12.9. The fraction of sp³-hybridized carbons (Fsp3) is 0.318. The highest BCUT2D eigenvalue weighted by atomic mass is 16.5. The summed E-state index contributed by atoms with van der Waals surface area (Å²) < 4.78 is 11.1. The molecule has 0 aliphatic rings. The molecule has 1 heterocycles. The van der Waals surface area contributed by atoms with Gasteiger partial charge < -0.3 is 14.3 Å². The van der Waals surface area contributed by atoms with E-state index >= 15 is 0 Å². The quantitative estimate of drug-likeness (QED) is 0.642. The van der Waals surface area contributed by atoms with Crippen molar-refractivity contribution in [1.29, 1.82) is 0 Å². The van der Waals surface area contributed by atoms with Crippen LogP contribution < -0.4 is 10.4 Å². The lowest BCUT2D eigenvalue weighted by atomic mass is 10.0. The molecule has 1 aromatic heterocycles. The third kappa shape index (κ3) is 4.68. The first kappa shape index (κ1) is 19.0. The van der Waals surface area contributed by atoms with Crippen LogP contribution in [0.1, 0.15) is 23.6 Å². The molecule has 5 nitrogen and oxygen atoms in total. The Morgan fingerprint density at radius 2 is 1.96 bits per heavy atom. The number of phenols is 1. The van der Waals surface area contributed by atoms with Crippen molar-refractivity contribution in [1.82, 2.24) is 4.90 Å². The number of aryl methyl sites for hydroxylation is 2. The number of likely N-dealkylation sites (N-methyl/N-ethyl adjacent to an activating group) is 1. The normalized spacial score (nSPS) is 11.3. The molecule has 142 valence electrons. The standard InChI is InChI=1S/C22H25NO4/c1-4-16-11-19-17(12-22(25)27-21(19)13-20(16)24)14-23(3)8-9-26-18-7-5-6-15(2)10-18/h5-7,10-13,24H,4,8-9,14H2,1-3H3. The first-order valence-electron chi connectivity index (χ1n) is 9.13. The second-order valence-electron chi connectivity index (χ2n) is 6.82. The van der Waals surface area contributed by atoms with Crippen LogP contribution in [0.5, 0.6) is 11.5 Å². The highest BCUT2D eigenvalue weighted by molar-refractivity contribution is 5.82. The van der Waals surface area contributed by atoms with E-state index in [-0.39, 0.29) is 5.75 Å². The molecule has 1 N–H and O–H groups in total. The Morgan fingerprint density at radius 3 is 2.70 bits per heavy atom. The molecule has 3 aromatic rings. The second-order valence-corrected chi connectivity index (χ2v) is 6.82. The van der Waals surface area contributed by atoms with E-state index in [0.29, 0.717) is 31.7 Å². The summed E-state index contributed by atoms with van der Waals surface area (Å²) in [4.78, 5) is 14.0.